The molecule has 1 rings (SSSR count). The first kappa shape index (κ1) is 15.6. The number of amides is 2. The summed E-state index contributed by atoms with van der Waals surface area (Å²) >= 11 is 1.14. The van der Waals surface area contributed by atoms with Gasteiger partial charge in [0.15, 0.2) is 5.12 Å². The van der Waals surface area contributed by atoms with Gasteiger partial charge in [0.2, 0.25) is 0 Å². The van der Waals surface area contributed by atoms with E-state index in [-0.39, 0.29) is 31.0 Å². The molecule has 106 valence electrons. The number of hydrogen-bond acceptors (Lipinski definition) is 7. The second-order valence-corrected chi connectivity index (χ2v) is 5.02. The van der Waals surface area contributed by atoms with Crippen LogP contribution in [0.5, 0.6) is 0 Å². The monoisotopic (exact) mass is 289 g/mol. The van der Waals surface area contributed by atoms with Crippen LogP contribution in [0.1, 0.15) is 26.2 Å². The molecule has 1 saturated heterocycles. The molecule has 2 amide bonds. The zero-order valence-corrected chi connectivity index (χ0v) is 11.4. The molecule has 1 aliphatic rings. The lowest BCUT2D eigenvalue weighted by Crippen LogP contribution is -2.32. The smallest absolute Gasteiger partial charge is 0.335 e. The van der Waals surface area contributed by atoms with Gasteiger partial charge in [0.25, 0.3) is 11.8 Å². The maximum atomic E-state index is 11.3. The van der Waals surface area contributed by atoms with Crippen LogP contribution in [0.2, 0.25) is 0 Å². The molecule has 0 unspecified atom stereocenters. The average molecular weight is 289 g/mol. The van der Waals surface area contributed by atoms with Crippen molar-refractivity contribution in [3.63, 3.8) is 0 Å². The Hall–Kier alpha value is -1.41. The Kier molecular flexibility index (Phi) is 6.51. The first-order chi connectivity index (χ1) is 9.00. The van der Waals surface area contributed by atoms with Gasteiger partial charge < -0.3 is 9.57 Å². The minimum absolute atomic E-state index is 0.00840. The van der Waals surface area contributed by atoms with Gasteiger partial charge in [-0.25, -0.2) is 4.79 Å². The SMILES string of the molecule is CC(=O)SCCOCCC(=O)ON1C(=O)CCC1=O. The van der Waals surface area contributed by atoms with Gasteiger partial charge in [0, 0.05) is 25.5 Å². The highest BCUT2D eigenvalue weighted by Crippen LogP contribution is 2.12. The molecule has 0 bridgehead atoms. The third-order valence-corrected chi connectivity index (χ3v) is 2.96. The Bertz CT molecular complexity index is 367. The lowest BCUT2D eigenvalue weighted by molar-refractivity contribution is -0.198. The van der Waals surface area contributed by atoms with Crippen molar-refractivity contribution in [1.82, 2.24) is 5.06 Å². The molecule has 19 heavy (non-hydrogen) atoms. The van der Waals surface area contributed by atoms with Gasteiger partial charge in [-0.15, -0.1) is 5.06 Å². The largest absolute Gasteiger partial charge is 0.380 e. The summed E-state index contributed by atoms with van der Waals surface area (Å²) in [6.45, 7) is 1.93. The molecule has 0 spiro atoms. The first-order valence-electron chi connectivity index (χ1n) is 5.78. The molecule has 0 saturated carbocycles. The predicted octanol–water partition coefficient (Wildman–Crippen LogP) is 0.280. The summed E-state index contributed by atoms with van der Waals surface area (Å²) in [6, 6.07) is 0. The van der Waals surface area contributed by atoms with Gasteiger partial charge in [-0.3, -0.25) is 14.4 Å². The lowest BCUT2D eigenvalue weighted by atomic mass is 10.4. The highest BCUT2D eigenvalue weighted by atomic mass is 32.2. The summed E-state index contributed by atoms with van der Waals surface area (Å²) in [5.74, 6) is -1.18. The van der Waals surface area contributed by atoms with Crippen LogP contribution >= 0.6 is 11.8 Å². The van der Waals surface area contributed by atoms with E-state index in [0.717, 1.165) is 11.8 Å². The van der Waals surface area contributed by atoms with E-state index in [2.05, 4.69) is 4.84 Å². The van der Waals surface area contributed by atoms with Crippen LogP contribution in [0.25, 0.3) is 0 Å². The molecule has 0 N–H and O–H groups in total. The van der Waals surface area contributed by atoms with E-state index >= 15 is 0 Å². The zero-order valence-electron chi connectivity index (χ0n) is 10.5. The van der Waals surface area contributed by atoms with Gasteiger partial charge in [0.1, 0.15) is 0 Å². The minimum Gasteiger partial charge on any atom is -0.380 e. The predicted molar refractivity (Wildman–Crippen MR) is 65.8 cm³/mol. The Labute approximate surface area is 114 Å². The fourth-order valence-corrected chi connectivity index (χ4v) is 1.80. The summed E-state index contributed by atoms with van der Waals surface area (Å²) in [5.41, 5.74) is 0. The third-order valence-electron chi connectivity index (χ3n) is 2.18. The number of hydrogen-bond donors (Lipinski definition) is 0. The lowest BCUT2D eigenvalue weighted by Gasteiger charge is -2.12. The fraction of sp³-hybridized carbons (Fsp3) is 0.636. The number of ether oxygens (including phenoxy) is 1. The van der Waals surface area contributed by atoms with E-state index < -0.39 is 17.8 Å². The van der Waals surface area contributed by atoms with Crippen LogP contribution in [0.15, 0.2) is 0 Å². The Morgan fingerprint density at radius 1 is 1.21 bits per heavy atom. The minimum atomic E-state index is -0.692. The van der Waals surface area contributed by atoms with Crippen molar-refractivity contribution < 1.29 is 28.8 Å². The second kappa shape index (κ2) is 7.90. The van der Waals surface area contributed by atoms with Crippen molar-refractivity contribution >= 4 is 34.7 Å². The molecule has 0 radical (unpaired) electrons. The van der Waals surface area contributed by atoms with E-state index in [1.54, 1.807) is 0 Å². The van der Waals surface area contributed by atoms with E-state index in [0.29, 0.717) is 17.4 Å². The number of carbonyl (C=O) groups excluding carboxylic acids is 4. The van der Waals surface area contributed by atoms with Crippen molar-refractivity contribution in [1.29, 1.82) is 0 Å². The summed E-state index contributed by atoms with van der Waals surface area (Å²) in [7, 11) is 0. The summed E-state index contributed by atoms with van der Waals surface area (Å²) in [5, 5.41) is 0.516. The highest BCUT2D eigenvalue weighted by molar-refractivity contribution is 8.13. The van der Waals surface area contributed by atoms with E-state index in [1.165, 1.54) is 6.92 Å². The Balaban J connectivity index is 2.10. The van der Waals surface area contributed by atoms with Crippen molar-refractivity contribution in [2.24, 2.45) is 0 Å². The molecule has 1 aliphatic heterocycles. The number of carbonyl (C=O) groups is 4. The molecule has 1 heterocycles. The average Bonchev–Trinajstić information content (AvgIpc) is 2.65. The number of thioether (sulfide) groups is 1. The zero-order chi connectivity index (χ0) is 14.3. The number of imide groups is 1. The van der Waals surface area contributed by atoms with Gasteiger partial charge in [-0.05, 0) is 0 Å². The van der Waals surface area contributed by atoms with Crippen molar-refractivity contribution in [2.45, 2.75) is 26.2 Å². The first-order valence-corrected chi connectivity index (χ1v) is 6.77. The van der Waals surface area contributed by atoms with Crippen LogP contribution < -0.4 is 0 Å². The number of nitrogens with zero attached hydrogens (tertiary/aromatic N) is 1. The van der Waals surface area contributed by atoms with Crippen LogP contribution in [0.3, 0.4) is 0 Å². The molecule has 0 aromatic rings. The van der Waals surface area contributed by atoms with Crippen molar-refractivity contribution in [3.8, 4) is 0 Å². The molecular formula is C11H15NO6S. The summed E-state index contributed by atoms with van der Waals surface area (Å²) < 4.78 is 5.11. The Morgan fingerprint density at radius 3 is 2.42 bits per heavy atom. The van der Waals surface area contributed by atoms with Crippen molar-refractivity contribution in [2.75, 3.05) is 19.0 Å². The molecule has 0 aromatic carbocycles. The number of hydroxylamine groups is 2. The molecule has 0 aliphatic carbocycles. The molecule has 0 aromatic heterocycles. The normalized spacial score (nSPS) is 14.9. The molecular weight excluding hydrogens is 274 g/mol. The molecule has 7 nitrogen and oxygen atoms in total. The molecule has 8 heteroatoms. The second-order valence-electron chi connectivity index (χ2n) is 3.75. The molecule has 0 atom stereocenters. The third kappa shape index (κ3) is 5.84. The summed E-state index contributed by atoms with van der Waals surface area (Å²) in [4.78, 5) is 48.9. The van der Waals surface area contributed by atoms with E-state index in [4.69, 9.17) is 4.74 Å². The number of rotatable bonds is 7. The fourth-order valence-electron chi connectivity index (χ4n) is 1.31. The highest BCUT2D eigenvalue weighted by Gasteiger charge is 2.32. The Morgan fingerprint density at radius 2 is 1.84 bits per heavy atom. The maximum Gasteiger partial charge on any atom is 0.335 e. The van der Waals surface area contributed by atoms with Crippen LogP contribution in [0.4, 0.5) is 0 Å². The summed E-state index contributed by atoms with van der Waals surface area (Å²) in [6.07, 6.45) is 0.0948. The van der Waals surface area contributed by atoms with Crippen LogP contribution in [-0.2, 0) is 28.8 Å². The molecule has 1 fully saturated rings. The van der Waals surface area contributed by atoms with E-state index in [1.807, 2.05) is 0 Å². The van der Waals surface area contributed by atoms with Crippen LogP contribution in [0, 0.1) is 0 Å². The van der Waals surface area contributed by atoms with Gasteiger partial charge in [0.05, 0.1) is 19.6 Å². The van der Waals surface area contributed by atoms with Crippen molar-refractivity contribution in [3.05, 3.63) is 0 Å². The maximum absolute atomic E-state index is 11.3. The quantitative estimate of drug-likeness (QED) is 0.491. The van der Waals surface area contributed by atoms with Gasteiger partial charge >= 0.3 is 5.97 Å². The van der Waals surface area contributed by atoms with Crippen LogP contribution in [-0.4, -0.2) is 46.9 Å². The van der Waals surface area contributed by atoms with E-state index in [9.17, 15) is 19.2 Å². The van der Waals surface area contributed by atoms with Gasteiger partial charge in [-0.2, -0.15) is 0 Å². The van der Waals surface area contributed by atoms with Gasteiger partial charge in [-0.1, -0.05) is 11.8 Å². The standard InChI is InChI=1S/C11H15NO6S/c1-8(13)19-7-6-17-5-4-11(16)18-12-9(14)2-3-10(12)15/h2-7H2,1H3. The topological polar surface area (TPSA) is 90.0 Å².